The van der Waals surface area contributed by atoms with Crippen LogP contribution in [0.25, 0.3) is 27.7 Å². The van der Waals surface area contributed by atoms with Crippen molar-refractivity contribution in [2.75, 3.05) is 37.4 Å². The Labute approximate surface area is 206 Å². The number of hydrogen-bond acceptors (Lipinski definition) is 7. The van der Waals surface area contributed by atoms with Crippen molar-refractivity contribution >= 4 is 28.1 Å². The molecule has 1 fully saturated rings. The summed E-state index contributed by atoms with van der Waals surface area (Å²) in [5.41, 5.74) is 3.98. The Morgan fingerprint density at radius 2 is 1.89 bits per heavy atom. The maximum absolute atomic E-state index is 4.67. The lowest BCUT2D eigenvalue weighted by Gasteiger charge is -2.35. The molecule has 5 rings (SSSR count). The van der Waals surface area contributed by atoms with Gasteiger partial charge in [-0.15, -0.1) is 5.10 Å². The standard InChI is InChI=1S/C27H32N8/c1-5-24(20-8-11-28-27(16-20)35(4)23-9-12-33(2)13-10-23)30-26-15-22-14-19(6-7-21(22)17-29-26)25-18-34(3)32-31-25/h5-8,11,14-18,23H,9-10,12-13H2,1-4H3,(H,29,30)/b24-5-. The molecule has 0 aliphatic carbocycles. The zero-order chi connectivity index (χ0) is 24.4. The molecule has 0 bridgehead atoms. The third-order valence-electron chi connectivity index (χ3n) is 6.83. The third kappa shape index (κ3) is 5.02. The van der Waals surface area contributed by atoms with Crippen molar-refractivity contribution in [3.63, 3.8) is 0 Å². The van der Waals surface area contributed by atoms with E-state index in [1.54, 1.807) is 4.68 Å². The first-order chi connectivity index (χ1) is 17.0. The summed E-state index contributed by atoms with van der Waals surface area (Å²) in [5, 5.41) is 14.0. The lowest BCUT2D eigenvalue weighted by molar-refractivity contribution is 0.252. The Morgan fingerprint density at radius 1 is 1.06 bits per heavy atom. The van der Waals surface area contributed by atoms with Gasteiger partial charge in [-0.2, -0.15) is 0 Å². The van der Waals surface area contributed by atoms with Crippen LogP contribution in [0.5, 0.6) is 0 Å². The van der Waals surface area contributed by atoms with Crippen LogP contribution in [-0.4, -0.2) is 63.1 Å². The number of nitrogens with zero attached hydrogens (tertiary/aromatic N) is 7. The second-order valence-corrected chi connectivity index (χ2v) is 9.28. The highest BCUT2D eigenvalue weighted by Gasteiger charge is 2.21. The Balaban J connectivity index is 1.37. The second kappa shape index (κ2) is 9.84. The summed E-state index contributed by atoms with van der Waals surface area (Å²) < 4.78 is 1.71. The molecule has 1 aliphatic heterocycles. The van der Waals surface area contributed by atoms with Crippen molar-refractivity contribution in [3.8, 4) is 11.3 Å². The van der Waals surface area contributed by atoms with E-state index in [1.165, 1.54) is 0 Å². The molecular weight excluding hydrogens is 436 g/mol. The number of rotatable bonds is 6. The van der Waals surface area contributed by atoms with Crippen molar-refractivity contribution in [2.24, 2.45) is 7.05 Å². The molecule has 1 saturated heterocycles. The van der Waals surface area contributed by atoms with Gasteiger partial charge in [0.15, 0.2) is 0 Å². The summed E-state index contributed by atoms with van der Waals surface area (Å²) in [6, 6.07) is 13.0. The summed E-state index contributed by atoms with van der Waals surface area (Å²) in [5.74, 6) is 1.79. The van der Waals surface area contributed by atoms with Gasteiger partial charge < -0.3 is 15.1 Å². The van der Waals surface area contributed by atoms with Crippen molar-refractivity contribution in [1.82, 2.24) is 29.9 Å². The lowest BCUT2D eigenvalue weighted by Crippen LogP contribution is -2.42. The zero-order valence-corrected chi connectivity index (χ0v) is 20.8. The topological polar surface area (TPSA) is 75.0 Å². The SMILES string of the molecule is C/C=C(\Nc1cc2cc(-c3cn(C)nn3)ccc2cn1)c1ccnc(N(C)C2CCN(C)CC2)c1. The van der Waals surface area contributed by atoms with Gasteiger partial charge in [-0.05, 0) is 69.6 Å². The normalized spacial score (nSPS) is 15.5. The Bertz CT molecular complexity index is 1350. The van der Waals surface area contributed by atoms with Gasteiger partial charge in [0, 0.05) is 54.7 Å². The number of likely N-dealkylation sites (tertiary alicyclic amines) is 1. The molecule has 1 aliphatic rings. The van der Waals surface area contributed by atoms with E-state index in [9.17, 15) is 0 Å². The quantitative estimate of drug-likeness (QED) is 0.449. The molecule has 8 heteroatoms. The molecule has 1 aromatic carbocycles. The van der Waals surface area contributed by atoms with E-state index in [2.05, 4.69) is 85.9 Å². The summed E-state index contributed by atoms with van der Waals surface area (Å²) in [7, 11) is 6.22. The van der Waals surface area contributed by atoms with Crippen molar-refractivity contribution in [1.29, 1.82) is 0 Å². The van der Waals surface area contributed by atoms with E-state index < -0.39 is 0 Å². The predicted octanol–water partition coefficient (Wildman–Crippen LogP) is 4.43. The highest BCUT2D eigenvalue weighted by Crippen LogP contribution is 2.27. The molecular formula is C27H32N8. The smallest absolute Gasteiger partial charge is 0.130 e. The number of nitrogens with one attached hydrogen (secondary N) is 1. The average Bonchev–Trinajstić information content (AvgIpc) is 3.33. The van der Waals surface area contributed by atoms with Crippen LogP contribution in [0.1, 0.15) is 25.3 Å². The van der Waals surface area contributed by atoms with E-state index in [-0.39, 0.29) is 0 Å². The number of aryl methyl sites for hydroxylation is 1. The number of anilines is 2. The molecule has 180 valence electrons. The predicted molar refractivity (Wildman–Crippen MR) is 142 cm³/mol. The van der Waals surface area contributed by atoms with Gasteiger partial charge >= 0.3 is 0 Å². The zero-order valence-electron chi connectivity index (χ0n) is 20.8. The van der Waals surface area contributed by atoms with Crippen molar-refractivity contribution in [3.05, 3.63) is 66.6 Å². The number of piperidine rings is 1. The van der Waals surface area contributed by atoms with Gasteiger partial charge in [-0.25, -0.2) is 9.97 Å². The third-order valence-corrected chi connectivity index (χ3v) is 6.83. The molecule has 0 saturated carbocycles. The molecule has 4 aromatic rings. The molecule has 8 nitrogen and oxygen atoms in total. The van der Waals surface area contributed by atoms with Crippen LogP contribution in [0.2, 0.25) is 0 Å². The lowest BCUT2D eigenvalue weighted by atomic mass is 10.0. The molecule has 1 N–H and O–H groups in total. The highest BCUT2D eigenvalue weighted by atomic mass is 15.4. The summed E-state index contributed by atoms with van der Waals surface area (Å²) >= 11 is 0. The van der Waals surface area contributed by atoms with Crippen molar-refractivity contribution < 1.29 is 0 Å². The van der Waals surface area contributed by atoms with E-state index in [4.69, 9.17) is 0 Å². The van der Waals surface area contributed by atoms with E-state index >= 15 is 0 Å². The Kier molecular flexibility index (Phi) is 6.46. The fraction of sp³-hybridized carbons (Fsp3) is 0.333. The van der Waals surface area contributed by atoms with Gasteiger partial charge in [0.05, 0.1) is 6.20 Å². The number of benzene rings is 1. The molecule has 0 unspecified atom stereocenters. The van der Waals surface area contributed by atoms with E-state index in [0.717, 1.165) is 70.9 Å². The first-order valence-electron chi connectivity index (χ1n) is 12.1. The first kappa shape index (κ1) is 23.0. The number of pyridine rings is 2. The van der Waals surface area contributed by atoms with Crippen LogP contribution in [0.3, 0.4) is 0 Å². The van der Waals surface area contributed by atoms with E-state index in [0.29, 0.717) is 6.04 Å². The van der Waals surface area contributed by atoms with Crippen LogP contribution in [-0.2, 0) is 7.05 Å². The van der Waals surface area contributed by atoms with Gasteiger partial charge in [0.2, 0.25) is 0 Å². The molecule has 35 heavy (non-hydrogen) atoms. The van der Waals surface area contributed by atoms with Crippen LogP contribution >= 0.6 is 0 Å². The second-order valence-electron chi connectivity index (χ2n) is 9.28. The number of allylic oxidation sites excluding steroid dienone is 1. The average molecular weight is 469 g/mol. The Morgan fingerprint density at radius 3 is 2.63 bits per heavy atom. The van der Waals surface area contributed by atoms with Gasteiger partial charge in [-0.3, -0.25) is 4.68 Å². The van der Waals surface area contributed by atoms with Gasteiger partial charge in [-0.1, -0.05) is 23.4 Å². The molecule has 3 aromatic heterocycles. The maximum atomic E-state index is 4.67. The molecule has 4 heterocycles. The minimum Gasteiger partial charge on any atom is -0.357 e. The minimum atomic E-state index is 0.515. The highest BCUT2D eigenvalue weighted by molar-refractivity contribution is 5.89. The number of hydrogen-bond donors (Lipinski definition) is 1. The molecule has 0 amide bonds. The molecule has 0 atom stereocenters. The summed E-state index contributed by atoms with van der Waals surface area (Å²) in [4.78, 5) is 14.0. The fourth-order valence-electron chi connectivity index (χ4n) is 4.65. The summed E-state index contributed by atoms with van der Waals surface area (Å²) in [6.07, 6.45) is 10.1. The largest absolute Gasteiger partial charge is 0.357 e. The number of fused-ring (bicyclic) bond motifs is 1. The fourth-order valence-corrected chi connectivity index (χ4v) is 4.65. The summed E-state index contributed by atoms with van der Waals surface area (Å²) in [6.45, 7) is 4.29. The maximum Gasteiger partial charge on any atom is 0.130 e. The van der Waals surface area contributed by atoms with Crippen LogP contribution in [0.4, 0.5) is 11.6 Å². The van der Waals surface area contributed by atoms with Gasteiger partial charge in [0.1, 0.15) is 17.3 Å². The molecule has 0 radical (unpaired) electrons. The number of aromatic nitrogens is 5. The monoisotopic (exact) mass is 468 g/mol. The minimum absolute atomic E-state index is 0.515. The molecule has 0 spiro atoms. The van der Waals surface area contributed by atoms with Crippen LogP contribution in [0, 0.1) is 0 Å². The van der Waals surface area contributed by atoms with Crippen molar-refractivity contribution in [2.45, 2.75) is 25.8 Å². The first-order valence-corrected chi connectivity index (χ1v) is 12.1. The van der Waals surface area contributed by atoms with Crippen LogP contribution in [0.15, 0.2) is 61.1 Å². The van der Waals surface area contributed by atoms with Crippen LogP contribution < -0.4 is 10.2 Å². The van der Waals surface area contributed by atoms with Gasteiger partial charge in [0.25, 0.3) is 0 Å². The Hall–Kier alpha value is -3.78. The van der Waals surface area contributed by atoms with E-state index in [1.807, 2.05) is 38.6 Å².